The number of ether oxygens (including phenoxy) is 1. The summed E-state index contributed by atoms with van der Waals surface area (Å²) < 4.78 is 66.8. The number of rotatable bonds is 6. The van der Waals surface area contributed by atoms with Crippen molar-refractivity contribution in [2.45, 2.75) is 57.0 Å². The standard InChI is InChI=1S/C19H28N4O3S.C2HF3O2/c1-15(2)21(3)12-18-19-13-23(11-5-10-22(19)14-20-18)27(24,25)17-8-6-16(26-4)7-9-17;3-2(4,5)1(6)7/h6-9,14-15H,5,10-13H2,1-4H3;(H,6,7). The molecule has 0 radical (unpaired) electrons. The predicted molar refractivity (Wildman–Crippen MR) is 118 cm³/mol. The lowest BCUT2D eigenvalue weighted by Crippen LogP contribution is -2.32. The van der Waals surface area contributed by atoms with Crippen LogP contribution in [0.3, 0.4) is 0 Å². The number of carbonyl (C=O) groups is 1. The monoisotopic (exact) mass is 506 g/mol. The van der Waals surface area contributed by atoms with E-state index in [4.69, 9.17) is 14.6 Å². The number of aromatic nitrogens is 2. The van der Waals surface area contributed by atoms with Crippen LogP contribution in [-0.2, 0) is 34.5 Å². The maximum atomic E-state index is 13.2. The van der Waals surface area contributed by atoms with Crippen LogP contribution in [0.1, 0.15) is 31.7 Å². The fourth-order valence-corrected chi connectivity index (χ4v) is 4.58. The van der Waals surface area contributed by atoms with Gasteiger partial charge in [-0.1, -0.05) is 0 Å². The highest BCUT2D eigenvalue weighted by Gasteiger charge is 2.38. The number of nitrogens with zero attached hydrogens (tertiary/aromatic N) is 4. The van der Waals surface area contributed by atoms with Crippen LogP contribution in [-0.4, -0.2) is 71.2 Å². The smallest absolute Gasteiger partial charge is 0.490 e. The van der Waals surface area contributed by atoms with E-state index in [-0.39, 0.29) is 4.90 Å². The first-order valence-corrected chi connectivity index (χ1v) is 11.9. The molecule has 0 saturated heterocycles. The van der Waals surface area contributed by atoms with Gasteiger partial charge in [-0.05, 0) is 51.6 Å². The highest BCUT2D eigenvalue weighted by atomic mass is 32.2. The number of carboxylic acids is 1. The molecule has 9 nitrogen and oxygen atoms in total. The number of halogens is 3. The Morgan fingerprint density at radius 2 is 1.82 bits per heavy atom. The Bertz CT molecular complexity index is 1070. The van der Waals surface area contributed by atoms with Gasteiger partial charge in [0, 0.05) is 25.7 Å². The quantitative estimate of drug-likeness (QED) is 0.642. The fourth-order valence-electron chi connectivity index (χ4n) is 3.14. The van der Waals surface area contributed by atoms with Gasteiger partial charge < -0.3 is 14.4 Å². The number of fused-ring (bicyclic) bond motifs is 1. The molecule has 3 rings (SSSR count). The van der Waals surface area contributed by atoms with E-state index in [1.165, 1.54) is 0 Å². The molecular formula is C21H29F3N4O5S. The van der Waals surface area contributed by atoms with Crippen molar-refractivity contribution in [3.05, 3.63) is 42.0 Å². The lowest BCUT2D eigenvalue weighted by atomic mass is 10.2. The molecule has 0 atom stereocenters. The minimum Gasteiger partial charge on any atom is -0.497 e. The number of aliphatic carboxylic acids is 1. The van der Waals surface area contributed by atoms with Crippen LogP contribution < -0.4 is 4.74 Å². The Balaban J connectivity index is 0.000000509. The molecule has 0 saturated carbocycles. The van der Waals surface area contributed by atoms with Crippen molar-refractivity contribution in [1.29, 1.82) is 0 Å². The molecule has 1 aromatic heterocycles. The van der Waals surface area contributed by atoms with Gasteiger partial charge in [0.05, 0.1) is 36.3 Å². The number of benzene rings is 1. The lowest BCUT2D eigenvalue weighted by Gasteiger charge is -2.23. The minimum absolute atomic E-state index is 0.289. The summed E-state index contributed by atoms with van der Waals surface area (Å²) in [6.07, 6.45) is -2.49. The summed E-state index contributed by atoms with van der Waals surface area (Å²) in [5.74, 6) is -2.12. The molecule has 0 bridgehead atoms. The molecule has 0 spiro atoms. The predicted octanol–water partition coefficient (Wildman–Crippen LogP) is 2.96. The molecule has 0 amide bonds. The van der Waals surface area contributed by atoms with Crippen LogP contribution in [0.25, 0.3) is 0 Å². The molecule has 0 unspecified atom stereocenters. The highest BCUT2D eigenvalue weighted by Crippen LogP contribution is 2.25. The third-order valence-electron chi connectivity index (χ3n) is 5.39. The molecule has 2 heterocycles. The van der Waals surface area contributed by atoms with Gasteiger partial charge in [0.1, 0.15) is 5.75 Å². The topological polar surface area (TPSA) is 105 Å². The lowest BCUT2D eigenvalue weighted by molar-refractivity contribution is -0.192. The first-order valence-electron chi connectivity index (χ1n) is 10.4. The average molecular weight is 507 g/mol. The highest BCUT2D eigenvalue weighted by molar-refractivity contribution is 7.89. The molecule has 13 heteroatoms. The Morgan fingerprint density at radius 3 is 2.32 bits per heavy atom. The first-order chi connectivity index (χ1) is 15.8. The van der Waals surface area contributed by atoms with E-state index in [2.05, 4.69) is 35.3 Å². The van der Waals surface area contributed by atoms with Gasteiger partial charge in [-0.3, -0.25) is 4.90 Å². The summed E-state index contributed by atoms with van der Waals surface area (Å²) in [6.45, 7) is 6.59. The Hall–Kier alpha value is -2.64. The van der Waals surface area contributed by atoms with Gasteiger partial charge in [0.15, 0.2) is 0 Å². The van der Waals surface area contributed by atoms with Crippen molar-refractivity contribution in [3.63, 3.8) is 0 Å². The summed E-state index contributed by atoms with van der Waals surface area (Å²) in [5.41, 5.74) is 1.93. The van der Waals surface area contributed by atoms with Gasteiger partial charge in [-0.15, -0.1) is 0 Å². The van der Waals surface area contributed by atoms with E-state index < -0.39 is 22.2 Å². The van der Waals surface area contributed by atoms with E-state index in [0.29, 0.717) is 31.4 Å². The van der Waals surface area contributed by atoms with Crippen LogP contribution in [0.2, 0.25) is 0 Å². The van der Waals surface area contributed by atoms with E-state index in [1.54, 1.807) is 35.7 Å². The first kappa shape index (κ1) is 27.6. The van der Waals surface area contributed by atoms with Crippen molar-refractivity contribution in [2.75, 3.05) is 20.7 Å². The Kier molecular flexibility index (Phi) is 9.08. The second-order valence-corrected chi connectivity index (χ2v) is 9.95. The number of carboxylic acid groups (broad SMARTS) is 1. The number of aryl methyl sites for hydroxylation is 1. The largest absolute Gasteiger partial charge is 0.497 e. The Labute approximate surface area is 196 Å². The number of imidazole rings is 1. The van der Waals surface area contributed by atoms with Crippen molar-refractivity contribution in [3.8, 4) is 5.75 Å². The zero-order valence-electron chi connectivity index (χ0n) is 19.4. The zero-order valence-corrected chi connectivity index (χ0v) is 20.2. The maximum absolute atomic E-state index is 13.2. The molecule has 1 aliphatic rings. The van der Waals surface area contributed by atoms with E-state index in [9.17, 15) is 21.6 Å². The van der Waals surface area contributed by atoms with Gasteiger partial charge in [-0.25, -0.2) is 18.2 Å². The third-order valence-corrected chi connectivity index (χ3v) is 7.25. The van der Waals surface area contributed by atoms with Crippen molar-refractivity contribution < 1.29 is 36.2 Å². The van der Waals surface area contributed by atoms with Crippen LogP contribution in [0.4, 0.5) is 13.2 Å². The van der Waals surface area contributed by atoms with Crippen molar-refractivity contribution in [1.82, 2.24) is 18.8 Å². The molecule has 2 aromatic rings. The second-order valence-electron chi connectivity index (χ2n) is 8.01. The van der Waals surface area contributed by atoms with Gasteiger partial charge >= 0.3 is 12.1 Å². The summed E-state index contributed by atoms with van der Waals surface area (Å²) >= 11 is 0. The second kappa shape index (κ2) is 11.2. The number of hydrogen-bond acceptors (Lipinski definition) is 6. The molecular weight excluding hydrogens is 477 g/mol. The number of methoxy groups -OCH3 is 1. The van der Waals surface area contributed by atoms with Crippen molar-refractivity contribution in [2.24, 2.45) is 0 Å². The van der Waals surface area contributed by atoms with Gasteiger partial charge in [0.25, 0.3) is 0 Å². The minimum atomic E-state index is -5.08. The summed E-state index contributed by atoms with van der Waals surface area (Å²) in [6, 6.07) is 6.95. The average Bonchev–Trinajstić information content (AvgIpc) is 3.00. The fraction of sp³-hybridized carbons (Fsp3) is 0.524. The number of hydrogen-bond donors (Lipinski definition) is 1. The SMILES string of the molecule is COc1ccc(S(=O)(=O)N2CCCn3cnc(CN(C)C(C)C)c3C2)cc1.O=C(O)C(F)(F)F. The summed E-state index contributed by atoms with van der Waals surface area (Å²) in [4.78, 5) is 15.9. The summed E-state index contributed by atoms with van der Waals surface area (Å²) in [5, 5.41) is 7.12. The van der Waals surface area contributed by atoms with Crippen LogP contribution in [0.15, 0.2) is 35.5 Å². The third kappa shape index (κ3) is 6.93. The van der Waals surface area contributed by atoms with Gasteiger partial charge in [-0.2, -0.15) is 17.5 Å². The molecule has 0 fully saturated rings. The number of alkyl halides is 3. The maximum Gasteiger partial charge on any atom is 0.490 e. The molecule has 190 valence electrons. The Morgan fingerprint density at radius 1 is 1.24 bits per heavy atom. The van der Waals surface area contributed by atoms with Crippen LogP contribution in [0.5, 0.6) is 5.75 Å². The van der Waals surface area contributed by atoms with Gasteiger partial charge in [0.2, 0.25) is 10.0 Å². The van der Waals surface area contributed by atoms with Crippen LogP contribution in [0, 0.1) is 0 Å². The molecule has 1 N–H and O–H groups in total. The normalized spacial score (nSPS) is 14.9. The summed E-state index contributed by atoms with van der Waals surface area (Å²) in [7, 11) is 0.0497. The molecule has 1 aliphatic heterocycles. The molecule has 34 heavy (non-hydrogen) atoms. The van der Waals surface area contributed by atoms with E-state index >= 15 is 0 Å². The molecule has 0 aliphatic carbocycles. The van der Waals surface area contributed by atoms with E-state index in [1.807, 2.05) is 6.33 Å². The van der Waals surface area contributed by atoms with E-state index in [0.717, 1.165) is 24.4 Å². The molecule has 1 aromatic carbocycles. The zero-order chi connectivity index (χ0) is 25.7. The van der Waals surface area contributed by atoms with Crippen LogP contribution >= 0.6 is 0 Å². The van der Waals surface area contributed by atoms with Crippen molar-refractivity contribution >= 4 is 16.0 Å². The number of sulfonamides is 1.